The maximum atomic E-state index is 12.6. The van der Waals surface area contributed by atoms with Gasteiger partial charge in [0.15, 0.2) is 9.84 Å². The van der Waals surface area contributed by atoms with Crippen molar-refractivity contribution in [3.05, 3.63) is 59.0 Å². The van der Waals surface area contributed by atoms with Crippen LogP contribution in [0.4, 0.5) is 0 Å². The van der Waals surface area contributed by atoms with E-state index in [1.165, 1.54) is 10.8 Å². The minimum absolute atomic E-state index is 0.0858. The zero-order chi connectivity index (χ0) is 21.5. The Bertz CT molecular complexity index is 1250. The van der Waals surface area contributed by atoms with Crippen LogP contribution in [0.15, 0.2) is 58.4 Å². The van der Waals surface area contributed by atoms with Gasteiger partial charge in [-0.15, -0.1) is 0 Å². The molecule has 0 bridgehead atoms. The summed E-state index contributed by atoms with van der Waals surface area (Å²) in [6.07, 6.45) is 7.32. The molecule has 6 heteroatoms. The molecule has 3 aromatic rings. The monoisotopic (exact) mass is 425 g/mol. The Morgan fingerprint density at radius 1 is 0.967 bits per heavy atom. The third-order valence-corrected chi connectivity index (χ3v) is 7.13. The van der Waals surface area contributed by atoms with Gasteiger partial charge in [-0.25, -0.2) is 8.42 Å². The van der Waals surface area contributed by atoms with E-state index in [2.05, 4.69) is 6.92 Å². The van der Waals surface area contributed by atoms with E-state index in [9.17, 15) is 13.2 Å². The number of hydrogen-bond acceptors (Lipinski definition) is 4. The van der Waals surface area contributed by atoms with Crippen LogP contribution in [0.5, 0.6) is 5.75 Å². The van der Waals surface area contributed by atoms with Crippen molar-refractivity contribution in [3.63, 3.8) is 0 Å². The van der Waals surface area contributed by atoms with Crippen LogP contribution in [-0.4, -0.2) is 25.3 Å². The topological polar surface area (TPSA) is 65.4 Å². The lowest BCUT2D eigenvalue weighted by Gasteiger charge is -2.28. The molecule has 1 heterocycles. The SMILES string of the molecule is Cn1cc(-c2cc(S(C)(=O)=O)ccc2O[C@H]2CC[C@H](C)CC2)c2ccccc2c1=O. The molecule has 0 atom stereocenters. The highest BCUT2D eigenvalue weighted by Gasteiger charge is 2.23. The van der Waals surface area contributed by atoms with E-state index in [0.717, 1.165) is 36.6 Å². The lowest BCUT2D eigenvalue weighted by molar-refractivity contribution is 0.136. The van der Waals surface area contributed by atoms with Gasteiger partial charge in [0.25, 0.3) is 5.56 Å². The highest BCUT2D eigenvalue weighted by molar-refractivity contribution is 7.90. The van der Waals surface area contributed by atoms with E-state index in [1.54, 1.807) is 37.5 Å². The zero-order valence-electron chi connectivity index (χ0n) is 17.6. The smallest absolute Gasteiger partial charge is 0.258 e. The minimum Gasteiger partial charge on any atom is -0.490 e. The van der Waals surface area contributed by atoms with Crippen LogP contribution in [0.3, 0.4) is 0 Å². The Hall–Kier alpha value is -2.60. The van der Waals surface area contributed by atoms with E-state index >= 15 is 0 Å². The maximum Gasteiger partial charge on any atom is 0.258 e. The summed E-state index contributed by atoms with van der Waals surface area (Å²) in [5, 5.41) is 1.38. The molecule has 2 aromatic carbocycles. The molecule has 0 amide bonds. The summed E-state index contributed by atoms with van der Waals surface area (Å²) < 4.78 is 32.4. The van der Waals surface area contributed by atoms with Crippen molar-refractivity contribution in [2.45, 2.75) is 43.6 Å². The zero-order valence-corrected chi connectivity index (χ0v) is 18.4. The number of nitrogens with zero attached hydrogens (tertiary/aromatic N) is 1. The number of rotatable bonds is 4. The first-order valence-corrected chi connectivity index (χ1v) is 12.2. The Morgan fingerprint density at radius 2 is 1.63 bits per heavy atom. The summed E-state index contributed by atoms with van der Waals surface area (Å²) in [7, 11) is -1.68. The van der Waals surface area contributed by atoms with Crippen molar-refractivity contribution in [2.24, 2.45) is 13.0 Å². The van der Waals surface area contributed by atoms with Gasteiger partial charge in [-0.05, 0) is 61.3 Å². The van der Waals surface area contributed by atoms with Gasteiger partial charge in [0.2, 0.25) is 0 Å². The van der Waals surface area contributed by atoms with Crippen LogP contribution in [0.2, 0.25) is 0 Å². The molecular weight excluding hydrogens is 398 g/mol. The second-order valence-corrected chi connectivity index (χ2v) is 10.5. The van der Waals surface area contributed by atoms with Crippen LogP contribution in [0, 0.1) is 5.92 Å². The van der Waals surface area contributed by atoms with Gasteiger partial charge in [-0.1, -0.05) is 25.1 Å². The maximum absolute atomic E-state index is 12.6. The Labute approximate surface area is 177 Å². The van der Waals surface area contributed by atoms with Gasteiger partial charge >= 0.3 is 0 Å². The summed E-state index contributed by atoms with van der Waals surface area (Å²) in [5.41, 5.74) is 1.40. The van der Waals surface area contributed by atoms with Crippen molar-refractivity contribution < 1.29 is 13.2 Å². The Kier molecular flexibility index (Phi) is 5.45. The molecule has 0 saturated heterocycles. The van der Waals surface area contributed by atoms with Gasteiger partial charge in [0.1, 0.15) is 5.75 Å². The van der Waals surface area contributed by atoms with E-state index in [1.807, 2.05) is 18.2 Å². The first-order valence-electron chi connectivity index (χ1n) is 10.3. The number of ether oxygens (including phenoxy) is 1. The summed E-state index contributed by atoms with van der Waals surface area (Å²) in [6.45, 7) is 2.26. The minimum atomic E-state index is -3.39. The van der Waals surface area contributed by atoms with Crippen LogP contribution in [0.1, 0.15) is 32.6 Å². The molecule has 1 aromatic heterocycles. The molecule has 5 nitrogen and oxygen atoms in total. The van der Waals surface area contributed by atoms with E-state index in [-0.39, 0.29) is 16.6 Å². The van der Waals surface area contributed by atoms with E-state index in [0.29, 0.717) is 22.6 Å². The van der Waals surface area contributed by atoms with Crippen LogP contribution in [-0.2, 0) is 16.9 Å². The average Bonchev–Trinajstić information content (AvgIpc) is 2.72. The molecule has 0 radical (unpaired) electrons. The van der Waals surface area contributed by atoms with Crippen molar-refractivity contribution in [3.8, 4) is 16.9 Å². The molecule has 1 aliphatic rings. The van der Waals surface area contributed by atoms with Crippen LogP contribution < -0.4 is 10.3 Å². The highest BCUT2D eigenvalue weighted by Crippen LogP contribution is 2.38. The fourth-order valence-corrected chi connectivity index (χ4v) is 4.86. The molecule has 0 unspecified atom stereocenters. The van der Waals surface area contributed by atoms with Gasteiger partial charge < -0.3 is 9.30 Å². The average molecular weight is 426 g/mol. The fraction of sp³-hybridized carbons (Fsp3) is 0.375. The van der Waals surface area contributed by atoms with E-state index in [4.69, 9.17) is 4.74 Å². The summed E-state index contributed by atoms with van der Waals surface area (Å²) in [5.74, 6) is 1.37. The lowest BCUT2D eigenvalue weighted by atomic mass is 9.89. The second kappa shape index (κ2) is 7.91. The number of benzene rings is 2. The first-order chi connectivity index (χ1) is 14.2. The Morgan fingerprint density at radius 3 is 2.30 bits per heavy atom. The molecule has 0 spiro atoms. The van der Waals surface area contributed by atoms with Crippen molar-refractivity contribution in [2.75, 3.05) is 6.26 Å². The summed E-state index contributed by atoms with van der Waals surface area (Å²) in [6, 6.07) is 12.4. The molecule has 1 aliphatic carbocycles. The predicted octanol–water partition coefficient (Wildman–Crippen LogP) is 4.57. The molecule has 158 valence electrons. The molecule has 4 rings (SSSR count). The molecular formula is C24H27NO4S. The van der Waals surface area contributed by atoms with Crippen LogP contribution >= 0.6 is 0 Å². The fourth-order valence-electron chi connectivity index (χ4n) is 4.21. The van der Waals surface area contributed by atoms with Crippen molar-refractivity contribution in [1.82, 2.24) is 4.57 Å². The molecule has 1 fully saturated rings. The van der Waals surface area contributed by atoms with Gasteiger partial charge in [0.05, 0.1) is 11.0 Å². The molecule has 30 heavy (non-hydrogen) atoms. The largest absolute Gasteiger partial charge is 0.490 e. The number of aromatic nitrogens is 1. The van der Waals surface area contributed by atoms with Crippen LogP contribution in [0.25, 0.3) is 21.9 Å². The van der Waals surface area contributed by atoms with Gasteiger partial charge in [0, 0.05) is 36.0 Å². The summed E-state index contributed by atoms with van der Waals surface area (Å²) in [4.78, 5) is 12.8. The quantitative estimate of drug-likeness (QED) is 0.614. The number of fused-ring (bicyclic) bond motifs is 1. The molecule has 0 N–H and O–H groups in total. The van der Waals surface area contributed by atoms with Crippen molar-refractivity contribution >= 4 is 20.6 Å². The first kappa shape index (κ1) is 20.7. The highest BCUT2D eigenvalue weighted by atomic mass is 32.2. The molecule has 1 saturated carbocycles. The third-order valence-electron chi connectivity index (χ3n) is 6.02. The summed E-state index contributed by atoms with van der Waals surface area (Å²) >= 11 is 0. The third kappa shape index (κ3) is 4.01. The lowest BCUT2D eigenvalue weighted by Crippen LogP contribution is -2.23. The number of pyridine rings is 1. The van der Waals surface area contributed by atoms with Crippen molar-refractivity contribution in [1.29, 1.82) is 0 Å². The standard InChI is InChI=1S/C24H27NO4S/c1-16-8-10-17(11-9-16)29-23-13-12-18(30(3,27)28)14-21(23)22-15-25(2)24(26)20-7-5-4-6-19(20)22/h4-7,12-17H,8-11H2,1-3H3/t16-,17-. The Balaban J connectivity index is 1.90. The van der Waals surface area contributed by atoms with Gasteiger partial charge in [-0.2, -0.15) is 0 Å². The predicted molar refractivity (Wildman–Crippen MR) is 120 cm³/mol. The number of sulfone groups is 1. The van der Waals surface area contributed by atoms with Gasteiger partial charge in [-0.3, -0.25) is 4.79 Å². The number of hydrogen-bond donors (Lipinski definition) is 0. The number of aryl methyl sites for hydroxylation is 1. The molecule has 0 aliphatic heterocycles. The van der Waals surface area contributed by atoms with E-state index < -0.39 is 9.84 Å². The second-order valence-electron chi connectivity index (χ2n) is 8.43. The normalized spacial score (nSPS) is 19.7.